The van der Waals surface area contributed by atoms with Crippen LogP contribution in [0.5, 0.6) is 0 Å². The van der Waals surface area contributed by atoms with Crippen LogP contribution in [0.2, 0.25) is 0 Å². The maximum Gasteiger partial charge on any atom is 0.328 e. The summed E-state index contributed by atoms with van der Waals surface area (Å²) < 4.78 is 5.74. The van der Waals surface area contributed by atoms with Crippen LogP contribution in [0, 0.1) is 17.2 Å². The van der Waals surface area contributed by atoms with E-state index in [9.17, 15) is 4.79 Å². The van der Waals surface area contributed by atoms with Crippen LogP contribution in [-0.2, 0) is 9.53 Å². The first-order valence-corrected chi connectivity index (χ1v) is 6.73. The molecule has 100 valence electrons. The normalized spacial score (nSPS) is 13.8. The Morgan fingerprint density at radius 2 is 2.26 bits per heavy atom. The maximum absolute atomic E-state index is 11.4. The molecule has 0 N–H and O–H groups in total. The van der Waals surface area contributed by atoms with Crippen LogP contribution >= 0.6 is 15.9 Å². The Kier molecular flexibility index (Phi) is 6.23. The zero-order valence-electron chi connectivity index (χ0n) is 10.8. The molecule has 4 nitrogen and oxygen atoms in total. The van der Waals surface area contributed by atoms with Crippen molar-refractivity contribution >= 4 is 28.1 Å². The number of benzene rings is 1. The van der Waals surface area contributed by atoms with Gasteiger partial charge in [-0.15, -0.1) is 0 Å². The summed E-state index contributed by atoms with van der Waals surface area (Å²) in [4.78, 5) is 15.7. The van der Waals surface area contributed by atoms with E-state index in [4.69, 9.17) is 10.00 Å². The lowest BCUT2D eigenvalue weighted by Gasteiger charge is -2.09. The number of ether oxygens (including phenoxy) is 1. The Hall–Kier alpha value is -1.67. The van der Waals surface area contributed by atoms with Crippen molar-refractivity contribution in [1.29, 1.82) is 5.26 Å². The summed E-state index contributed by atoms with van der Waals surface area (Å²) in [5.41, 5.74) is 0.999. The Morgan fingerprint density at radius 3 is 2.84 bits per heavy atom. The quantitative estimate of drug-likeness (QED) is 0.617. The molecule has 0 amide bonds. The summed E-state index contributed by atoms with van der Waals surface area (Å²) >= 11 is 3.44. The van der Waals surface area contributed by atoms with E-state index < -0.39 is 11.9 Å². The highest BCUT2D eigenvalue weighted by molar-refractivity contribution is 9.10. The van der Waals surface area contributed by atoms with Gasteiger partial charge in [-0.05, 0) is 25.5 Å². The summed E-state index contributed by atoms with van der Waals surface area (Å²) in [6.45, 7) is 3.86. The van der Waals surface area contributed by atoms with Crippen LogP contribution in [0.1, 0.15) is 25.5 Å². The van der Waals surface area contributed by atoms with Crippen LogP contribution in [0.15, 0.2) is 33.7 Å². The SMILES string of the molecule is CCOC(=O)[C@@H](C#N)C=N[C@@H](C)c1ccccc1Br. The molecule has 5 heteroatoms. The average Bonchev–Trinajstić information content (AvgIpc) is 2.40. The van der Waals surface area contributed by atoms with E-state index in [0.717, 1.165) is 10.0 Å². The highest BCUT2D eigenvalue weighted by Gasteiger charge is 2.17. The molecule has 0 bridgehead atoms. The number of carbonyl (C=O) groups is 1. The Balaban J connectivity index is 2.78. The van der Waals surface area contributed by atoms with Crippen LogP contribution in [0.4, 0.5) is 0 Å². The number of nitrogens with zero attached hydrogens (tertiary/aromatic N) is 2. The molecule has 19 heavy (non-hydrogen) atoms. The van der Waals surface area contributed by atoms with Crippen molar-refractivity contribution in [2.45, 2.75) is 19.9 Å². The van der Waals surface area contributed by atoms with Gasteiger partial charge in [0.2, 0.25) is 0 Å². The van der Waals surface area contributed by atoms with E-state index in [1.807, 2.05) is 37.3 Å². The number of hydrogen-bond acceptors (Lipinski definition) is 4. The molecule has 0 fully saturated rings. The number of hydrogen-bond donors (Lipinski definition) is 0. The van der Waals surface area contributed by atoms with E-state index in [-0.39, 0.29) is 12.6 Å². The Labute approximate surface area is 121 Å². The van der Waals surface area contributed by atoms with Gasteiger partial charge >= 0.3 is 5.97 Å². The van der Waals surface area contributed by atoms with E-state index in [1.165, 1.54) is 6.21 Å². The Morgan fingerprint density at radius 1 is 1.58 bits per heavy atom. The summed E-state index contributed by atoms with van der Waals surface area (Å²) in [5, 5.41) is 8.91. The van der Waals surface area contributed by atoms with Crippen molar-refractivity contribution in [3.8, 4) is 6.07 Å². The van der Waals surface area contributed by atoms with Crippen LogP contribution in [0.3, 0.4) is 0 Å². The lowest BCUT2D eigenvalue weighted by atomic mass is 10.1. The fraction of sp³-hybridized carbons (Fsp3) is 0.357. The summed E-state index contributed by atoms with van der Waals surface area (Å²) in [7, 11) is 0. The molecule has 0 heterocycles. The summed E-state index contributed by atoms with van der Waals surface area (Å²) in [6, 6.07) is 9.44. The predicted octanol–water partition coefficient (Wildman–Crippen LogP) is 3.28. The van der Waals surface area contributed by atoms with Gasteiger partial charge in [0, 0.05) is 10.7 Å². The molecule has 0 aliphatic rings. The van der Waals surface area contributed by atoms with Crippen molar-refractivity contribution in [1.82, 2.24) is 0 Å². The lowest BCUT2D eigenvalue weighted by Crippen LogP contribution is -2.17. The van der Waals surface area contributed by atoms with Crippen molar-refractivity contribution in [2.24, 2.45) is 10.9 Å². The van der Waals surface area contributed by atoms with Gasteiger partial charge < -0.3 is 4.74 Å². The van der Waals surface area contributed by atoms with Crippen LogP contribution in [-0.4, -0.2) is 18.8 Å². The monoisotopic (exact) mass is 322 g/mol. The fourth-order valence-corrected chi connectivity index (χ4v) is 2.10. The molecule has 1 aromatic rings. The first kappa shape index (κ1) is 15.4. The van der Waals surface area contributed by atoms with Crippen LogP contribution in [0.25, 0.3) is 0 Å². The molecule has 0 saturated carbocycles. The molecule has 1 rings (SSSR count). The van der Waals surface area contributed by atoms with Crippen molar-refractivity contribution < 1.29 is 9.53 Å². The Bertz CT molecular complexity index is 508. The number of aliphatic imine (C=N–C) groups is 1. The molecule has 0 radical (unpaired) electrons. The van der Waals surface area contributed by atoms with Gasteiger partial charge in [0.1, 0.15) is 0 Å². The first-order chi connectivity index (χ1) is 9.10. The fourth-order valence-electron chi connectivity index (χ4n) is 1.49. The second-order valence-electron chi connectivity index (χ2n) is 3.85. The van der Waals surface area contributed by atoms with E-state index in [0.29, 0.717) is 0 Å². The zero-order valence-corrected chi connectivity index (χ0v) is 12.4. The highest BCUT2D eigenvalue weighted by Crippen LogP contribution is 2.25. The second-order valence-corrected chi connectivity index (χ2v) is 4.71. The van der Waals surface area contributed by atoms with Gasteiger partial charge in [-0.25, -0.2) is 0 Å². The van der Waals surface area contributed by atoms with Gasteiger partial charge in [-0.1, -0.05) is 34.1 Å². The van der Waals surface area contributed by atoms with Crippen molar-refractivity contribution in [2.75, 3.05) is 6.61 Å². The molecule has 2 atom stereocenters. The van der Waals surface area contributed by atoms with Crippen molar-refractivity contribution in [3.05, 3.63) is 34.3 Å². The third-order valence-corrected chi connectivity index (χ3v) is 3.22. The minimum Gasteiger partial charge on any atom is -0.465 e. The third kappa shape index (κ3) is 4.49. The van der Waals surface area contributed by atoms with Crippen LogP contribution < -0.4 is 0 Å². The molecule has 1 aromatic carbocycles. The summed E-state index contributed by atoms with van der Waals surface area (Å²) in [6.07, 6.45) is 1.35. The van der Waals surface area contributed by atoms with Gasteiger partial charge in [-0.3, -0.25) is 9.79 Å². The zero-order chi connectivity index (χ0) is 14.3. The van der Waals surface area contributed by atoms with E-state index in [1.54, 1.807) is 6.92 Å². The largest absolute Gasteiger partial charge is 0.465 e. The number of halogens is 1. The number of carbonyl (C=O) groups excluding carboxylic acids is 1. The third-order valence-electron chi connectivity index (χ3n) is 2.49. The molecular weight excluding hydrogens is 308 g/mol. The standard InChI is InChI=1S/C14H15BrN2O2/c1-3-19-14(18)11(8-16)9-17-10(2)12-6-4-5-7-13(12)15/h4-7,9-11H,3H2,1-2H3/t10-,11-/m0/s1. The topological polar surface area (TPSA) is 62.5 Å². The molecule has 0 saturated heterocycles. The molecule has 0 aromatic heterocycles. The van der Waals surface area contributed by atoms with Crippen molar-refractivity contribution in [3.63, 3.8) is 0 Å². The van der Waals surface area contributed by atoms with Gasteiger partial charge in [0.05, 0.1) is 18.7 Å². The lowest BCUT2D eigenvalue weighted by molar-refractivity contribution is -0.143. The van der Waals surface area contributed by atoms with Gasteiger partial charge in [0.15, 0.2) is 5.92 Å². The highest BCUT2D eigenvalue weighted by atomic mass is 79.9. The first-order valence-electron chi connectivity index (χ1n) is 5.94. The molecule has 0 unspecified atom stereocenters. The molecule has 0 aliphatic carbocycles. The smallest absolute Gasteiger partial charge is 0.328 e. The van der Waals surface area contributed by atoms with E-state index in [2.05, 4.69) is 20.9 Å². The summed E-state index contributed by atoms with van der Waals surface area (Å²) in [5.74, 6) is -1.52. The molecule has 0 spiro atoms. The number of rotatable bonds is 5. The van der Waals surface area contributed by atoms with Gasteiger partial charge in [-0.2, -0.15) is 5.26 Å². The number of esters is 1. The minimum atomic E-state index is -0.954. The second kappa shape index (κ2) is 7.70. The number of nitriles is 1. The van der Waals surface area contributed by atoms with Gasteiger partial charge in [0.25, 0.3) is 0 Å². The average molecular weight is 323 g/mol. The minimum absolute atomic E-state index is 0.138. The molecule has 0 aliphatic heterocycles. The molecular formula is C14H15BrN2O2. The predicted molar refractivity (Wildman–Crippen MR) is 76.8 cm³/mol. The maximum atomic E-state index is 11.4. The van der Waals surface area contributed by atoms with E-state index >= 15 is 0 Å².